The van der Waals surface area contributed by atoms with Gasteiger partial charge >= 0.3 is 0 Å². The molecule has 1 N–H and O–H groups in total. The third-order valence-electron chi connectivity index (χ3n) is 3.12. The van der Waals surface area contributed by atoms with Crippen molar-refractivity contribution in [2.24, 2.45) is 0 Å². The van der Waals surface area contributed by atoms with Crippen LogP contribution in [0.3, 0.4) is 0 Å². The van der Waals surface area contributed by atoms with Crippen molar-refractivity contribution in [3.63, 3.8) is 0 Å². The van der Waals surface area contributed by atoms with Gasteiger partial charge in [0, 0.05) is 12.6 Å². The van der Waals surface area contributed by atoms with E-state index in [4.69, 9.17) is 9.15 Å². The van der Waals surface area contributed by atoms with Crippen molar-refractivity contribution in [2.75, 3.05) is 6.61 Å². The fourth-order valence-electron chi connectivity index (χ4n) is 1.97. The molecule has 100 valence electrons. The van der Waals surface area contributed by atoms with Gasteiger partial charge in [-0.3, -0.25) is 0 Å². The Labute approximate surface area is 112 Å². The molecule has 3 rings (SSSR count). The van der Waals surface area contributed by atoms with E-state index < -0.39 is 0 Å². The molecule has 4 nitrogen and oxygen atoms in total. The smallest absolute Gasteiger partial charge is 0.229 e. The number of ether oxygens (including phenoxy) is 1. The number of para-hydroxylation sites is 1. The van der Waals surface area contributed by atoms with Gasteiger partial charge in [-0.1, -0.05) is 12.1 Å². The molecule has 0 spiro atoms. The number of nitrogens with zero attached hydrogens (tertiary/aromatic N) is 1. The van der Waals surface area contributed by atoms with E-state index in [1.165, 1.54) is 12.8 Å². The molecule has 0 saturated heterocycles. The summed E-state index contributed by atoms with van der Waals surface area (Å²) in [6.45, 7) is 3.37. The highest BCUT2D eigenvalue weighted by Gasteiger charge is 2.21. The number of rotatable bonds is 6. The topological polar surface area (TPSA) is 47.3 Å². The average Bonchev–Trinajstić information content (AvgIpc) is 3.15. The van der Waals surface area contributed by atoms with Crippen molar-refractivity contribution >= 4 is 0 Å². The van der Waals surface area contributed by atoms with Gasteiger partial charge in [0.2, 0.25) is 5.89 Å². The van der Waals surface area contributed by atoms with Crippen LogP contribution in [0.5, 0.6) is 5.75 Å². The maximum Gasteiger partial charge on any atom is 0.229 e. The summed E-state index contributed by atoms with van der Waals surface area (Å²) in [7, 11) is 0. The lowest BCUT2D eigenvalue weighted by Gasteiger charge is -2.06. The Morgan fingerprint density at radius 2 is 2.21 bits per heavy atom. The van der Waals surface area contributed by atoms with Gasteiger partial charge in [0.25, 0.3) is 0 Å². The first-order chi connectivity index (χ1) is 9.36. The summed E-state index contributed by atoms with van der Waals surface area (Å²) in [4.78, 5) is 4.51. The molecule has 0 radical (unpaired) electrons. The summed E-state index contributed by atoms with van der Waals surface area (Å²) in [6, 6.07) is 8.49. The Bertz CT molecular complexity index is 547. The van der Waals surface area contributed by atoms with Crippen LogP contribution in [0.15, 0.2) is 34.9 Å². The lowest BCUT2D eigenvalue weighted by molar-refractivity contribution is 0.340. The summed E-state index contributed by atoms with van der Waals surface area (Å²) in [5, 5.41) is 3.42. The standard InChI is InChI=1S/C15H18N2O2/c1-2-18-14-6-4-3-5-13(14)15-17-12(10-19-15)9-16-11-7-8-11/h3-6,10-11,16H,2,7-9H2,1H3. The molecule has 2 aromatic rings. The maximum absolute atomic E-state index is 5.59. The van der Waals surface area contributed by atoms with Crippen LogP contribution in [0, 0.1) is 0 Å². The summed E-state index contributed by atoms with van der Waals surface area (Å²) in [5.41, 5.74) is 1.84. The minimum Gasteiger partial charge on any atom is -0.493 e. The lowest BCUT2D eigenvalue weighted by Crippen LogP contribution is -2.15. The predicted molar refractivity (Wildman–Crippen MR) is 73.0 cm³/mol. The zero-order valence-electron chi connectivity index (χ0n) is 11.1. The van der Waals surface area contributed by atoms with Gasteiger partial charge in [-0.05, 0) is 31.9 Å². The molecule has 1 aliphatic rings. The normalized spacial score (nSPS) is 14.6. The Morgan fingerprint density at radius 1 is 1.37 bits per heavy atom. The molecule has 0 unspecified atom stereocenters. The molecule has 4 heteroatoms. The van der Waals surface area contributed by atoms with Gasteiger partial charge in [0.05, 0.1) is 17.9 Å². The van der Waals surface area contributed by atoms with E-state index >= 15 is 0 Å². The van der Waals surface area contributed by atoms with E-state index in [1.807, 2.05) is 31.2 Å². The number of benzene rings is 1. The number of hydrogen-bond acceptors (Lipinski definition) is 4. The Kier molecular flexibility index (Phi) is 3.51. The largest absolute Gasteiger partial charge is 0.493 e. The molecular weight excluding hydrogens is 240 g/mol. The molecule has 0 atom stereocenters. The monoisotopic (exact) mass is 258 g/mol. The molecule has 1 aromatic heterocycles. The molecule has 19 heavy (non-hydrogen) atoms. The lowest BCUT2D eigenvalue weighted by atomic mass is 10.2. The number of hydrogen-bond donors (Lipinski definition) is 1. The molecule has 0 aliphatic heterocycles. The maximum atomic E-state index is 5.59. The summed E-state index contributed by atoms with van der Waals surface area (Å²) in [6.07, 6.45) is 4.27. The predicted octanol–water partition coefficient (Wildman–Crippen LogP) is 2.99. The SMILES string of the molecule is CCOc1ccccc1-c1nc(CNC2CC2)co1. The Morgan fingerprint density at radius 3 is 3.00 bits per heavy atom. The highest BCUT2D eigenvalue weighted by molar-refractivity contribution is 5.62. The molecule has 0 amide bonds. The average molecular weight is 258 g/mol. The molecule has 1 saturated carbocycles. The van der Waals surface area contributed by atoms with Crippen LogP contribution in [0.1, 0.15) is 25.5 Å². The van der Waals surface area contributed by atoms with Crippen molar-refractivity contribution in [1.29, 1.82) is 0 Å². The van der Waals surface area contributed by atoms with Crippen LogP contribution in [-0.4, -0.2) is 17.6 Å². The van der Waals surface area contributed by atoms with Crippen LogP contribution >= 0.6 is 0 Å². The van der Waals surface area contributed by atoms with Crippen molar-refractivity contribution in [2.45, 2.75) is 32.4 Å². The minimum atomic E-state index is 0.622. The van der Waals surface area contributed by atoms with Gasteiger partial charge in [0.1, 0.15) is 12.0 Å². The first kappa shape index (κ1) is 12.2. The van der Waals surface area contributed by atoms with Crippen molar-refractivity contribution in [3.8, 4) is 17.2 Å². The van der Waals surface area contributed by atoms with E-state index in [0.29, 0.717) is 18.5 Å². The highest BCUT2D eigenvalue weighted by Crippen LogP contribution is 2.29. The summed E-state index contributed by atoms with van der Waals surface area (Å²) in [5.74, 6) is 1.44. The number of oxazole rings is 1. The first-order valence-electron chi connectivity index (χ1n) is 6.77. The van der Waals surface area contributed by atoms with E-state index in [2.05, 4.69) is 10.3 Å². The Balaban J connectivity index is 1.77. The van der Waals surface area contributed by atoms with E-state index in [9.17, 15) is 0 Å². The molecular formula is C15H18N2O2. The van der Waals surface area contributed by atoms with Crippen LogP contribution in [0.2, 0.25) is 0 Å². The van der Waals surface area contributed by atoms with Gasteiger partial charge < -0.3 is 14.5 Å². The highest BCUT2D eigenvalue weighted by atomic mass is 16.5. The van der Waals surface area contributed by atoms with E-state index in [-0.39, 0.29) is 0 Å². The van der Waals surface area contributed by atoms with Crippen LogP contribution in [0.4, 0.5) is 0 Å². The summed E-state index contributed by atoms with van der Waals surface area (Å²) < 4.78 is 11.2. The third-order valence-corrected chi connectivity index (χ3v) is 3.12. The molecule has 0 bridgehead atoms. The van der Waals surface area contributed by atoms with Crippen molar-refractivity contribution in [3.05, 3.63) is 36.2 Å². The fourth-order valence-corrected chi connectivity index (χ4v) is 1.97. The van der Waals surface area contributed by atoms with Crippen molar-refractivity contribution < 1.29 is 9.15 Å². The zero-order chi connectivity index (χ0) is 13.1. The van der Waals surface area contributed by atoms with Gasteiger partial charge in [-0.15, -0.1) is 0 Å². The summed E-state index contributed by atoms with van der Waals surface area (Å²) >= 11 is 0. The van der Waals surface area contributed by atoms with E-state index in [0.717, 1.165) is 23.6 Å². The second-order valence-corrected chi connectivity index (χ2v) is 4.73. The van der Waals surface area contributed by atoms with Gasteiger partial charge in [-0.25, -0.2) is 4.98 Å². The second-order valence-electron chi connectivity index (χ2n) is 4.73. The van der Waals surface area contributed by atoms with Gasteiger partial charge in [0.15, 0.2) is 0 Å². The Hall–Kier alpha value is -1.81. The molecule has 1 heterocycles. The molecule has 1 aromatic carbocycles. The number of nitrogens with one attached hydrogen (secondary N) is 1. The van der Waals surface area contributed by atoms with Crippen LogP contribution < -0.4 is 10.1 Å². The number of aromatic nitrogens is 1. The first-order valence-corrected chi connectivity index (χ1v) is 6.77. The fraction of sp³-hybridized carbons (Fsp3) is 0.400. The van der Waals surface area contributed by atoms with E-state index in [1.54, 1.807) is 6.26 Å². The molecule has 1 fully saturated rings. The van der Waals surface area contributed by atoms with Crippen LogP contribution in [0.25, 0.3) is 11.5 Å². The van der Waals surface area contributed by atoms with Gasteiger partial charge in [-0.2, -0.15) is 0 Å². The van der Waals surface area contributed by atoms with Crippen molar-refractivity contribution in [1.82, 2.24) is 10.3 Å². The minimum absolute atomic E-state index is 0.622. The second kappa shape index (κ2) is 5.45. The zero-order valence-corrected chi connectivity index (χ0v) is 11.1. The quantitative estimate of drug-likeness (QED) is 0.865. The third kappa shape index (κ3) is 2.96. The van der Waals surface area contributed by atoms with Crippen LogP contribution in [-0.2, 0) is 6.54 Å². The molecule has 1 aliphatic carbocycles.